The van der Waals surface area contributed by atoms with E-state index in [2.05, 4.69) is 37.5 Å². The number of fused-ring (bicyclic) bond motifs is 2. The van der Waals surface area contributed by atoms with Gasteiger partial charge < -0.3 is 24.2 Å². The topological polar surface area (TPSA) is 103 Å². The first-order chi connectivity index (χ1) is 25.4. The van der Waals surface area contributed by atoms with Crippen molar-refractivity contribution in [3.63, 3.8) is 0 Å². The third-order valence-corrected chi connectivity index (χ3v) is 12.0. The van der Waals surface area contributed by atoms with Crippen LogP contribution in [0.4, 0.5) is 29.3 Å². The molecule has 4 aromatic rings. The zero-order valence-corrected chi connectivity index (χ0v) is 29.8. The third kappa shape index (κ3) is 6.05. The number of aryl methyl sites for hydroxylation is 1. The van der Waals surface area contributed by atoms with Gasteiger partial charge in [-0.15, -0.1) is 0 Å². The molecular formula is C38H42F4N8O3. The van der Waals surface area contributed by atoms with Crippen molar-refractivity contribution in [1.29, 1.82) is 0 Å². The number of alkyl halides is 3. The summed E-state index contributed by atoms with van der Waals surface area (Å²) >= 11 is 0. The van der Waals surface area contributed by atoms with Crippen molar-refractivity contribution in [3.8, 4) is 16.9 Å². The van der Waals surface area contributed by atoms with Crippen molar-refractivity contribution in [3.05, 3.63) is 47.9 Å². The van der Waals surface area contributed by atoms with Gasteiger partial charge in [0, 0.05) is 87.3 Å². The minimum absolute atomic E-state index is 0.110. The second-order valence-electron chi connectivity index (χ2n) is 15.6. The van der Waals surface area contributed by atoms with Crippen LogP contribution < -0.4 is 14.5 Å². The fourth-order valence-corrected chi connectivity index (χ4v) is 8.69. The predicted molar refractivity (Wildman–Crippen MR) is 192 cm³/mol. The van der Waals surface area contributed by atoms with E-state index in [-0.39, 0.29) is 23.2 Å². The van der Waals surface area contributed by atoms with Gasteiger partial charge in [-0.05, 0) is 67.3 Å². The van der Waals surface area contributed by atoms with Crippen molar-refractivity contribution in [2.45, 2.75) is 56.8 Å². The van der Waals surface area contributed by atoms with Crippen LogP contribution in [0.5, 0.6) is 5.75 Å². The SMILES string of the molecule is C=C(F)C(=O)N1CC2(CCN(c3nc(N4CC(N5CC(OC)C5)C4)nc4c(OCC(F)(F)F)c(-c5c(C)ccc6[nH]ncc56)c(C5CC5)cc34)CC2)C1. The number of amides is 1. The molecule has 11 nitrogen and oxygen atoms in total. The number of hydrogen-bond donors (Lipinski definition) is 1. The molecule has 0 radical (unpaired) electrons. The van der Waals surface area contributed by atoms with Crippen molar-refractivity contribution in [2.75, 3.05) is 75.9 Å². The number of hydrogen-bond acceptors (Lipinski definition) is 9. The molecule has 0 bridgehead atoms. The van der Waals surface area contributed by atoms with E-state index >= 15 is 0 Å². The van der Waals surface area contributed by atoms with Crippen LogP contribution in [0.2, 0.25) is 0 Å². The van der Waals surface area contributed by atoms with Gasteiger partial charge in [0.05, 0.1) is 17.8 Å². The Morgan fingerprint density at radius 3 is 2.43 bits per heavy atom. The highest BCUT2D eigenvalue weighted by atomic mass is 19.4. The van der Waals surface area contributed by atoms with Crippen LogP contribution in [-0.2, 0) is 9.53 Å². The van der Waals surface area contributed by atoms with E-state index in [1.54, 1.807) is 13.3 Å². The predicted octanol–water partition coefficient (Wildman–Crippen LogP) is 5.73. The minimum Gasteiger partial charge on any atom is -0.481 e. The minimum atomic E-state index is -4.58. The van der Waals surface area contributed by atoms with Gasteiger partial charge in [0.25, 0.3) is 5.91 Å². The summed E-state index contributed by atoms with van der Waals surface area (Å²) in [5, 5.41) is 8.76. The standard InChI is InChI=1S/C38H42F4N8O3/c1-21-4-7-29-28(13-43-46-29)30(21)31-26(23-5-6-23)12-27-32(33(31)53-20-38(40,41)42)44-36(49-14-24(15-49)48-16-25(17-48)52-3)45-34(27)47-10-8-37(9-11-47)18-50(19-37)35(51)22(2)39/h4,7,12-13,23-25H,2,5-6,8-11,14-20H2,1,3H3,(H,43,46). The average molecular weight is 735 g/mol. The normalized spacial score (nSPS) is 20.9. The first-order valence-corrected chi connectivity index (χ1v) is 18.3. The molecule has 9 rings (SSSR count). The van der Waals surface area contributed by atoms with Gasteiger partial charge in [0.1, 0.15) is 11.3 Å². The number of aromatic amines is 1. The average Bonchev–Trinajstić information content (AvgIpc) is 3.81. The lowest BCUT2D eigenvalue weighted by atomic mass is 9.72. The van der Waals surface area contributed by atoms with Crippen molar-refractivity contribution >= 4 is 39.5 Å². The summed E-state index contributed by atoms with van der Waals surface area (Å²) in [4.78, 5) is 30.6. The number of rotatable bonds is 9. The summed E-state index contributed by atoms with van der Waals surface area (Å²) in [7, 11) is 1.72. The van der Waals surface area contributed by atoms with Crippen molar-refractivity contribution < 1.29 is 31.8 Å². The Bertz CT molecular complexity index is 2110. The fraction of sp³-hybridized carbons (Fsp3) is 0.526. The molecule has 5 aliphatic rings. The van der Waals surface area contributed by atoms with Crippen molar-refractivity contribution in [2.24, 2.45) is 5.41 Å². The molecule has 2 aromatic carbocycles. The quantitative estimate of drug-likeness (QED) is 0.171. The van der Waals surface area contributed by atoms with Gasteiger partial charge in [0.2, 0.25) is 5.95 Å². The van der Waals surface area contributed by atoms with Crippen LogP contribution in [0.1, 0.15) is 42.7 Å². The Morgan fingerprint density at radius 2 is 1.77 bits per heavy atom. The van der Waals surface area contributed by atoms with Gasteiger partial charge in [-0.3, -0.25) is 14.8 Å². The molecule has 2 aromatic heterocycles. The molecule has 5 fully saturated rings. The summed E-state index contributed by atoms with van der Waals surface area (Å²) in [6.45, 7) is 8.93. The van der Waals surface area contributed by atoms with E-state index in [1.165, 1.54) is 4.90 Å². The van der Waals surface area contributed by atoms with Gasteiger partial charge >= 0.3 is 6.18 Å². The highest BCUT2D eigenvalue weighted by molar-refractivity contribution is 6.06. The number of nitrogens with one attached hydrogen (secondary N) is 1. The van der Waals surface area contributed by atoms with E-state index in [1.807, 2.05) is 19.1 Å². The molecule has 1 spiro atoms. The van der Waals surface area contributed by atoms with Crippen LogP contribution in [0.3, 0.4) is 0 Å². The molecule has 4 aliphatic heterocycles. The number of aromatic nitrogens is 4. The van der Waals surface area contributed by atoms with E-state index in [0.717, 1.165) is 66.4 Å². The molecule has 280 valence electrons. The molecule has 1 N–H and O–H groups in total. The monoisotopic (exact) mass is 734 g/mol. The number of halogens is 4. The number of carbonyl (C=O) groups excluding carboxylic acids is 1. The van der Waals surface area contributed by atoms with Crippen LogP contribution in [-0.4, -0.2) is 120 Å². The van der Waals surface area contributed by atoms with Crippen LogP contribution in [0.25, 0.3) is 32.9 Å². The van der Waals surface area contributed by atoms with Gasteiger partial charge in [-0.1, -0.05) is 12.6 Å². The molecule has 4 saturated heterocycles. The molecule has 0 atom stereocenters. The Kier molecular flexibility index (Phi) is 8.11. The highest BCUT2D eigenvalue weighted by Gasteiger charge is 2.48. The van der Waals surface area contributed by atoms with Crippen molar-refractivity contribution in [1.82, 2.24) is 30.0 Å². The van der Waals surface area contributed by atoms with Gasteiger partial charge in [-0.2, -0.15) is 23.3 Å². The molecule has 0 unspecified atom stereocenters. The number of anilines is 2. The number of H-pyrrole nitrogens is 1. The lowest BCUT2D eigenvalue weighted by Gasteiger charge is -2.54. The molecule has 1 amide bonds. The number of nitrogens with zero attached hydrogens (tertiary/aromatic N) is 7. The highest BCUT2D eigenvalue weighted by Crippen LogP contribution is 2.53. The smallest absolute Gasteiger partial charge is 0.422 e. The van der Waals surface area contributed by atoms with E-state index in [9.17, 15) is 22.4 Å². The van der Waals surface area contributed by atoms with Gasteiger partial charge in [0.15, 0.2) is 18.2 Å². The number of ether oxygens (including phenoxy) is 2. The molecule has 15 heteroatoms. The van der Waals surface area contributed by atoms with E-state index in [0.29, 0.717) is 73.5 Å². The number of carbonyl (C=O) groups is 1. The Hall–Kier alpha value is -4.50. The first kappa shape index (κ1) is 34.3. The second kappa shape index (κ2) is 12.5. The summed E-state index contributed by atoms with van der Waals surface area (Å²) in [6, 6.07) is 6.27. The van der Waals surface area contributed by atoms with E-state index in [4.69, 9.17) is 19.4 Å². The zero-order valence-electron chi connectivity index (χ0n) is 29.8. The molecule has 6 heterocycles. The maximum Gasteiger partial charge on any atom is 0.422 e. The molecule has 1 saturated carbocycles. The second-order valence-corrected chi connectivity index (χ2v) is 15.6. The number of methoxy groups -OCH3 is 1. The number of piperidine rings is 1. The zero-order chi connectivity index (χ0) is 36.8. The Morgan fingerprint density at radius 1 is 1.04 bits per heavy atom. The summed E-state index contributed by atoms with van der Waals surface area (Å²) < 4.78 is 67.2. The summed E-state index contributed by atoms with van der Waals surface area (Å²) in [6.07, 6.45) is 0.693. The number of benzene rings is 2. The largest absolute Gasteiger partial charge is 0.481 e. The molecule has 1 aliphatic carbocycles. The van der Waals surface area contributed by atoms with Crippen LogP contribution in [0, 0.1) is 12.3 Å². The van der Waals surface area contributed by atoms with Crippen LogP contribution >= 0.6 is 0 Å². The Labute approximate surface area is 303 Å². The Balaban J connectivity index is 1.16. The van der Waals surface area contributed by atoms with E-state index < -0.39 is 24.5 Å². The fourth-order valence-electron chi connectivity index (χ4n) is 8.69. The van der Waals surface area contributed by atoms with Crippen LogP contribution in [0.15, 0.2) is 36.8 Å². The molecular weight excluding hydrogens is 692 g/mol. The maximum absolute atomic E-state index is 14.1. The van der Waals surface area contributed by atoms with Gasteiger partial charge in [-0.25, -0.2) is 9.37 Å². The number of likely N-dealkylation sites (tertiary alicyclic amines) is 2. The molecule has 53 heavy (non-hydrogen) atoms. The summed E-state index contributed by atoms with van der Waals surface area (Å²) in [5.41, 5.74) is 4.24. The third-order valence-electron chi connectivity index (χ3n) is 12.0. The lowest BCUT2D eigenvalue weighted by Crippen LogP contribution is -2.67. The first-order valence-electron chi connectivity index (χ1n) is 18.3. The lowest BCUT2D eigenvalue weighted by molar-refractivity contribution is -0.153. The summed E-state index contributed by atoms with van der Waals surface area (Å²) in [5.74, 6) is -0.237. The maximum atomic E-state index is 14.1.